The molecule has 0 fully saturated rings. The van der Waals surface area contributed by atoms with Crippen LogP contribution in [0.2, 0.25) is 5.02 Å². The van der Waals surface area contributed by atoms with Crippen LogP contribution in [0.4, 0.5) is 15.9 Å². The topological polar surface area (TPSA) is 66.9 Å². The Bertz CT molecular complexity index is 603. The van der Waals surface area contributed by atoms with Crippen molar-refractivity contribution in [2.45, 2.75) is 0 Å². The van der Waals surface area contributed by atoms with Crippen molar-refractivity contribution >= 4 is 29.0 Å². The van der Waals surface area contributed by atoms with E-state index < -0.39 is 11.7 Å². The van der Waals surface area contributed by atoms with Gasteiger partial charge in [-0.15, -0.1) is 0 Å². The Morgan fingerprint density at radius 1 is 1.32 bits per heavy atom. The van der Waals surface area contributed by atoms with Gasteiger partial charge in [-0.1, -0.05) is 11.6 Å². The predicted molar refractivity (Wildman–Crippen MR) is 70.9 cm³/mol. The minimum absolute atomic E-state index is 0.0607. The van der Waals surface area contributed by atoms with Gasteiger partial charge < -0.3 is 10.6 Å². The number of hydrogen-bond donors (Lipinski definition) is 2. The van der Waals surface area contributed by atoms with Gasteiger partial charge in [-0.3, -0.25) is 4.79 Å². The van der Waals surface area contributed by atoms with Crippen LogP contribution in [0.3, 0.4) is 0 Å². The third-order valence-electron chi connectivity index (χ3n) is 2.32. The van der Waals surface area contributed by atoms with Gasteiger partial charge in [0.05, 0.1) is 17.4 Å². The summed E-state index contributed by atoms with van der Waals surface area (Å²) in [6, 6.07) is 3.91. The summed E-state index contributed by atoms with van der Waals surface area (Å²) in [6.07, 6.45) is 2.78. The minimum Gasteiger partial charge on any atom is -0.372 e. The van der Waals surface area contributed by atoms with Crippen LogP contribution >= 0.6 is 11.6 Å². The highest BCUT2D eigenvalue weighted by Crippen LogP contribution is 2.19. The summed E-state index contributed by atoms with van der Waals surface area (Å²) in [5, 5.41) is 5.28. The van der Waals surface area contributed by atoms with Crippen molar-refractivity contribution in [3.63, 3.8) is 0 Å². The number of benzene rings is 1. The fourth-order valence-corrected chi connectivity index (χ4v) is 1.52. The second kappa shape index (κ2) is 5.62. The third-order valence-corrected chi connectivity index (χ3v) is 2.61. The zero-order chi connectivity index (χ0) is 13.8. The number of rotatable bonds is 3. The van der Waals surface area contributed by atoms with Crippen LogP contribution in [0.25, 0.3) is 0 Å². The molecule has 2 rings (SSSR count). The second-order valence-electron chi connectivity index (χ2n) is 3.62. The largest absolute Gasteiger partial charge is 0.372 e. The van der Waals surface area contributed by atoms with Crippen LogP contribution in [-0.4, -0.2) is 22.9 Å². The second-order valence-corrected chi connectivity index (χ2v) is 4.03. The van der Waals surface area contributed by atoms with Crippen LogP contribution < -0.4 is 10.6 Å². The molecule has 1 heterocycles. The molecule has 0 aliphatic rings. The molecule has 1 aromatic heterocycles. The monoisotopic (exact) mass is 280 g/mol. The van der Waals surface area contributed by atoms with Gasteiger partial charge >= 0.3 is 0 Å². The van der Waals surface area contributed by atoms with Crippen LogP contribution in [0.15, 0.2) is 30.6 Å². The van der Waals surface area contributed by atoms with Crippen LogP contribution in [0.5, 0.6) is 0 Å². The van der Waals surface area contributed by atoms with E-state index in [0.29, 0.717) is 11.5 Å². The highest BCUT2D eigenvalue weighted by molar-refractivity contribution is 6.31. The normalized spacial score (nSPS) is 10.1. The molecular weight excluding hydrogens is 271 g/mol. The van der Waals surface area contributed by atoms with Crippen LogP contribution in [-0.2, 0) is 0 Å². The SMILES string of the molecule is CNc1cnc(C(=O)Nc2ccc(F)c(Cl)c2)cn1. The molecule has 5 nitrogen and oxygen atoms in total. The molecule has 0 saturated heterocycles. The molecule has 0 atom stereocenters. The summed E-state index contributed by atoms with van der Waals surface area (Å²) >= 11 is 5.62. The van der Waals surface area contributed by atoms with Crippen LogP contribution in [0, 0.1) is 5.82 Å². The van der Waals surface area contributed by atoms with Gasteiger partial charge in [0.25, 0.3) is 5.91 Å². The average Bonchev–Trinajstić information content (AvgIpc) is 2.43. The first-order valence-electron chi connectivity index (χ1n) is 5.36. The van der Waals surface area contributed by atoms with E-state index >= 15 is 0 Å². The molecule has 2 aromatic rings. The van der Waals surface area contributed by atoms with E-state index in [1.165, 1.54) is 30.6 Å². The number of halogens is 2. The molecular formula is C12H10ClFN4O. The Morgan fingerprint density at radius 3 is 2.68 bits per heavy atom. The van der Waals surface area contributed by atoms with E-state index in [-0.39, 0.29) is 10.7 Å². The molecule has 1 aromatic carbocycles. The number of anilines is 2. The van der Waals surface area contributed by atoms with Gasteiger partial charge in [0.2, 0.25) is 0 Å². The highest BCUT2D eigenvalue weighted by atomic mass is 35.5. The quantitative estimate of drug-likeness (QED) is 0.907. The number of hydrogen-bond acceptors (Lipinski definition) is 4. The molecule has 0 spiro atoms. The Labute approximate surface area is 113 Å². The lowest BCUT2D eigenvalue weighted by atomic mass is 10.3. The minimum atomic E-state index is -0.544. The summed E-state index contributed by atoms with van der Waals surface area (Å²) in [6.45, 7) is 0. The first-order chi connectivity index (χ1) is 9.10. The molecule has 19 heavy (non-hydrogen) atoms. The lowest BCUT2D eigenvalue weighted by Gasteiger charge is -2.05. The Morgan fingerprint density at radius 2 is 2.11 bits per heavy atom. The molecule has 0 saturated carbocycles. The van der Waals surface area contributed by atoms with Gasteiger partial charge in [0.15, 0.2) is 0 Å². The predicted octanol–water partition coefficient (Wildman–Crippen LogP) is 2.56. The van der Waals surface area contributed by atoms with E-state index in [1.807, 2.05) is 0 Å². The standard InChI is InChI=1S/C12H10ClFN4O/c1-15-11-6-16-10(5-17-11)12(19)18-7-2-3-9(14)8(13)4-7/h2-6H,1H3,(H,15,17)(H,18,19). The fourth-order valence-electron chi connectivity index (χ4n) is 1.34. The number of amides is 1. The molecule has 0 aliphatic heterocycles. The Balaban J connectivity index is 2.13. The van der Waals surface area contributed by atoms with E-state index in [2.05, 4.69) is 20.6 Å². The highest BCUT2D eigenvalue weighted by Gasteiger charge is 2.09. The van der Waals surface area contributed by atoms with Gasteiger partial charge in [0.1, 0.15) is 17.3 Å². The molecule has 0 radical (unpaired) electrons. The molecule has 98 valence electrons. The van der Waals surface area contributed by atoms with E-state index in [4.69, 9.17) is 11.6 Å². The molecule has 0 aliphatic carbocycles. The molecule has 0 bridgehead atoms. The lowest BCUT2D eigenvalue weighted by Crippen LogP contribution is -2.14. The third kappa shape index (κ3) is 3.17. The van der Waals surface area contributed by atoms with Crippen molar-refractivity contribution in [2.24, 2.45) is 0 Å². The summed E-state index contributed by atoms with van der Waals surface area (Å²) < 4.78 is 13.0. The van der Waals surface area contributed by atoms with Crippen molar-refractivity contribution in [2.75, 3.05) is 17.7 Å². The van der Waals surface area contributed by atoms with Crippen molar-refractivity contribution in [3.05, 3.63) is 47.1 Å². The van der Waals surface area contributed by atoms with Crippen molar-refractivity contribution < 1.29 is 9.18 Å². The molecule has 7 heteroatoms. The maximum atomic E-state index is 13.0. The zero-order valence-electron chi connectivity index (χ0n) is 9.95. The molecule has 1 amide bonds. The maximum absolute atomic E-state index is 13.0. The smallest absolute Gasteiger partial charge is 0.275 e. The summed E-state index contributed by atoms with van der Waals surface area (Å²) in [4.78, 5) is 19.8. The number of carbonyl (C=O) groups excluding carboxylic acids is 1. The summed E-state index contributed by atoms with van der Waals surface area (Å²) in [5.41, 5.74) is 0.537. The lowest BCUT2D eigenvalue weighted by molar-refractivity contribution is 0.102. The first-order valence-corrected chi connectivity index (χ1v) is 5.74. The molecule has 0 unspecified atom stereocenters. The maximum Gasteiger partial charge on any atom is 0.275 e. The Kier molecular flexibility index (Phi) is 3.91. The van der Waals surface area contributed by atoms with E-state index in [0.717, 1.165) is 0 Å². The first kappa shape index (κ1) is 13.2. The Hall–Kier alpha value is -2.21. The van der Waals surface area contributed by atoms with Crippen LogP contribution in [0.1, 0.15) is 10.5 Å². The van der Waals surface area contributed by atoms with Crippen molar-refractivity contribution in [1.29, 1.82) is 0 Å². The summed E-state index contributed by atoms with van der Waals surface area (Å²) in [5.74, 6) is -0.433. The fraction of sp³-hybridized carbons (Fsp3) is 0.0833. The zero-order valence-corrected chi connectivity index (χ0v) is 10.7. The van der Waals surface area contributed by atoms with Crippen molar-refractivity contribution in [1.82, 2.24) is 9.97 Å². The van der Waals surface area contributed by atoms with E-state index in [1.54, 1.807) is 7.05 Å². The van der Waals surface area contributed by atoms with Gasteiger partial charge in [-0.25, -0.2) is 14.4 Å². The van der Waals surface area contributed by atoms with E-state index in [9.17, 15) is 9.18 Å². The number of aromatic nitrogens is 2. The summed E-state index contributed by atoms with van der Waals surface area (Å²) in [7, 11) is 1.70. The van der Waals surface area contributed by atoms with Crippen molar-refractivity contribution in [3.8, 4) is 0 Å². The molecule has 2 N–H and O–H groups in total. The number of carbonyl (C=O) groups is 1. The number of nitrogens with zero attached hydrogens (tertiary/aromatic N) is 2. The van der Waals surface area contributed by atoms with Gasteiger partial charge in [0, 0.05) is 12.7 Å². The van der Waals surface area contributed by atoms with Gasteiger partial charge in [-0.2, -0.15) is 0 Å². The average molecular weight is 281 g/mol. The van der Waals surface area contributed by atoms with Gasteiger partial charge in [-0.05, 0) is 18.2 Å². The number of nitrogens with one attached hydrogen (secondary N) is 2.